The Bertz CT molecular complexity index is 888. The van der Waals surface area contributed by atoms with Gasteiger partial charge in [-0.2, -0.15) is 0 Å². The average Bonchev–Trinajstić information content (AvgIpc) is 2.59. The molecule has 3 rings (SSSR count). The van der Waals surface area contributed by atoms with Crippen molar-refractivity contribution in [1.82, 2.24) is 4.98 Å². The Morgan fingerprint density at radius 2 is 2.32 bits per heavy atom. The molecule has 0 aliphatic carbocycles. The second-order valence-corrected chi connectivity index (χ2v) is 6.88. The molecule has 1 unspecified atom stereocenters. The van der Waals surface area contributed by atoms with Crippen molar-refractivity contribution in [1.29, 1.82) is 0 Å². The molecule has 0 saturated carbocycles. The Labute approximate surface area is 151 Å². The molecule has 1 atom stereocenters. The number of pyridine rings is 1. The summed E-state index contributed by atoms with van der Waals surface area (Å²) in [6, 6.07) is 5.48. The lowest BCUT2D eigenvalue weighted by Crippen LogP contribution is -2.36. The van der Waals surface area contributed by atoms with E-state index >= 15 is 0 Å². The number of aromatic nitrogens is 1. The van der Waals surface area contributed by atoms with Gasteiger partial charge in [0.15, 0.2) is 5.76 Å². The third-order valence-corrected chi connectivity index (χ3v) is 4.70. The van der Waals surface area contributed by atoms with E-state index in [0.717, 1.165) is 36.1 Å². The van der Waals surface area contributed by atoms with E-state index in [-0.39, 0.29) is 11.3 Å². The summed E-state index contributed by atoms with van der Waals surface area (Å²) in [5.74, 6) is 0.785. The molecular formula is C19H22ClN3O2. The van der Waals surface area contributed by atoms with Crippen LogP contribution in [0.4, 0.5) is 5.69 Å². The van der Waals surface area contributed by atoms with Crippen LogP contribution in [0.25, 0.3) is 16.7 Å². The first-order chi connectivity index (χ1) is 12.0. The highest BCUT2D eigenvalue weighted by molar-refractivity contribution is 6.31. The molecule has 1 N–H and O–H groups in total. The Morgan fingerprint density at radius 1 is 1.52 bits per heavy atom. The van der Waals surface area contributed by atoms with E-state index in [9.17, 15) is 4.79 Å². The number of aromatic amines is 1. The van der Waals surface area contributed by atoms with E-state index in [1.165, 1.54) is 12.6 Å². The summed E-state index contributed by atoms with van der Waals surface area (Å²) < 4.78 is 0. The third kappa shape index (κ3) is 3.56. The fourth-order valence-electron chi connectivity index (χ4n) is 3.39. The molecule has 1 fully saturated rings. The maximum absolute atomic E-state index is 12.8. The molecule has 6 heteroatoms. The van der Waals surface area contributed by atoms with Gasteiger partial charge in [-0.25, -0.2) is 0 Å². The highest BCUT2D eigenvalue weighted by atomic mass is 35.5. The molecular weight excluding hydrogens is 338 g/mol. The number of piperidine rings is 1. The van der Waals surface area contributed by atoms with E-state index < -0.39 is 0 Å². The lowest BCUT2D eigenvalue weighted by atomic mass is 9.97. The van der Waals surface area contributed by atoms with Crippen LogP contribution >= 0.6 is 11.6 Å². The minimum Gasteiger partial charge on any atom is -0.370 e. The molecule has 1 aromatic heterocycles. The van der Waals surface area contributed by atoms with Crippen molar-refractivity contribution in [3.8, 4) is 0 Å². The number of halogens is 1. The van der Waals surface area contributed by atoms with Gasteiger partial charge in [0.25, 0.3) is 5.56 Å². The van der Waals surface area contributed by atoms with Crippen LogP contribution in [0, 0.1) is 5.92 Å². The standard InChI is InChI=1S/C19H22ClN3O2/c1-4-21-25-13(3)17-18(23-9-5-6-12(2)11-23)15-10-14(20)7-8-16(15)22-19(17)24/h4,7-8,10,12H,3,5-6,9,11H2,1-2H3,(H,22,24)/b21-4+. The Kier molecular flexibility index (Phi) is 5.13. The second-order valence-electron chi connectivity index (χ2n) is 6.44. The predicted molar refractivity (Wildman–Crippen MR) is 104 cm³/mol. The summed E-state index contributed by atoms with van der Waals surface area (Å²) in [4.78, 5) is 23.2. The Morgan fingerprint density at radius 3 is 3.04 bits per heavy atom. The van der Waals surface area contributed by atoms with Crippen molar-refractivity contribution in [3.05, 3.63) is 45.7 Å². The molecule has 0 spiro atoms. The molecule has 0 radical (unpaired) electrons. The minimum atomic E-state index is -0.237. The van der Waals surface area contributed by atoms with Gasteiger partial charge in [0, 0.05) is 29.7 Å². The maximum Gasteiger partial charge on any atom is 0.261 e. The maximum atomic E-state index is 12.8. The molecule has 25 heavy (non-hydrogen) atoms. The number of anilines is 1. The quantitative estimate of drug-likeness (QED) is 0.499. The predicted octanol–water partition coefficient (Wildman–Crippen LogP) is 4.41. The zero-order valence-electron chi connectivity index (χ0n) is 14.5. The van der Waals surface area contributed by atoms with Gasteiger partial charge in [-0.05, 0) is 43.9 Å². The molecule has 1 aliphatic heterocycles. The first-order valence-electron chi connectivity index (χ1n) is 8.46. The molecule has 0 amide bonds. The number of nitrogens with one attached hydrogen (secondary N) is 1. The van der Waals surface area contributed by atoms with Crippen molar-refractivity contribution < 1.29 is 4.84 Å². The molecule has 132 valence electrons. The number of nitrogens with zero attached hydrogens (tertiary/aromatic N) is 2. The Hall–Kier alpha value is -2.27. The lowest BCUT2D eigenvalue weighted by molar-refractivity contribution is 0.300. The summed E-state index contributed by atoms with van der Waals surface area (Å²) in [5, 5.41) is 5.28. The number of benzene rings is 1. The number of oxime groups is 1. The van der Waals surface area contributed by atoms with Gasteiger partial charge in [0.1, 0.15) is 5.56 Å². The lowest BCUT2D eigenvalue weighted by Gasteiger charge is -2.34. The van der Waals surface area contributed by atoms with Gasteiger partial charge in [0.05, 0.1) is 11.2 Å². The fourth-order valence-corrected chi connectivity index (χ4v) is 3.56. The largest absolute Gasteiger partial charge is 0.370 e. The zero-order chi connectivity index (χ0) is 18.0. The number of H-pyrrole nitrogens is 1. The van der Waals surface area contributed by atoms with E-state index in [4.69, 9.17) is 16.4 Å². The van der Waals surface area contributed by atoms with Crippen LogP contribution in [-0.4, -0.2) is 24.3 Å². The van der Waals surface area contributed by atoms with Crippen LogP contribution in [0.15, 0.2) is 34.7 Å². The van der Waals surface area contributed by atoms with E-state index in [2.05, 4.69) is 28.5 Å². The van der Waals surface area contributed by atoms with E-state index in [1.807, 2.05) is 12.1 Å². The second kappa shape index (κ2) is 7.31. The minimum absolute atomic E-state index is 0.231. The van der Waals surface area contributed by atoms with Crippen LogP contribution in [0.1, 0.15) is 32.3 Å². The molecule has 2 aromatic rings. The number of hydrogen-bond donors (Lipinski definition) is 1. The van der Waals surface area contributed by atoms with Crippen LogP contribution in [0.3, 0.4) is 0 Å². The highest BCUT2D eigenvalue weighted by Crippen LogP contribution is 2.35. The normalized spacial score (nSPS) is 18.0. The smallest absolute Gasteiger partial charge is 0.261 e. The number of hydrogen-bond acceptors (Lipinski definition) is 4. The highest BCUT2D eigenvalue weighted by Gasteiger charge is 2.25. The van der Waals surface area contributed by atoms with Gasteiger partial charge >= 0.3 is 0 Å². The fraction of sp³-hybridized carbons (Fsp3) is 0.368. The molecule has 2 heterocycles. The first kappa shape index (κ1) is 17.5. The zero-order valence-corrected chi connectivity index (χ0v) is 15.3. The SMILES string of the molecule is C=C(O/N=C/C)c1c(N2CCCC(C)C2)c2cc(Cl)ccc2[nH]c1=O. The summed E-state index contributed by atoms with van der Waals surface area (Å²) in [5.41, 5.74) is 1.75. The molecule has 1 aliphatic rings. The average molecular weight is 360 g/mol. The summed E-state index contributed by atoms with van der Waals surface area (Å²) >= 11 is 6.23. The van der Waals surface area contributed by atoms with Crippen LogP contribution in [0.5, 0.6) is 0 Å². The van der Waals surface area contributed by atoms with Crippen molar-refractivity contribution in [2.24, 2.45) is 11.1 Å². The third-order valence-electron chi connectivity index (χ3n) is 4.47. The van der Waals surface area contributed by atoms with Crippen LogP contribution < -0.4 is 10.5 Å². The van der Waals surface area contributed by atoms with Crippen LogP contribution in [-0.2, 0) is 4.84 Å². The van der Waals surface area contributed by atoms with Crippen molar-refractivity contribution in [3.63, 3.8) is 0 Å². The van der Waals surface area contributed by atoms with Crippen molar-refractivity contribution in [2.45, 2.75) is 26.7 Å². The van der Waals surface area contributed by atoms with Crippen molar-refractivity contribution in [2.75, 3.05) is 18.0 Å². The van der Waals surface area contributed by atoms with Crippen LogP contribution in [0.2, 0.25) is 5.02 Å². The molecule has 1 saturated heterocycles. The first-order valence-corrected chi connectivity index (χ1v) is 8.83. The Balaban J connectivity index is 2.25. The van der Waals surface area contributed by atoms with Gasteiger partial charge in [0.2, 0.25) is 0 Å². The van der Waals surface area contributed by atoms with Gasteiger partial charge in [-0.3, -0.25) is 4.79 Å². The molecule has 5 nitrogen and oxygen atoms in total. The molecule has 0 bridgehead atoms. The number of fused-ring (bicyclic) bond motifs is 1. The molecule has 1 aromatic carbocycles. The summed E-state index contributed by atoms with van der Waals surface area (Å²) in [7, 11) is 0. The summed E-state index contributed by atoms with van der Waals surface area (Å²) in [6.45, 7) is 9.63. The van der Waals surface area contributed by atoms with E-state index in [0.29, 0.717) is 16.5 Å². The van der Waals surface area contributed by atoms with Gasteiger partial charge in [-0.15, -0.1) is 0 Å². The van der Waals surface area contributed by atoms with Crippen molar-refractivity contribution >= 4 is 40.2 Å². The van der Waals surface area contributed by atoms with Gasteiger partial charge in [-0.1, -0.05) is 30.3 Å². The number of rotatable bonds is 4. The topological polar surface area (TPSA) is 57.7 Å². The summed E-state index contributed by atoms with van der Waals surface area (Å²) in [6.07, 6.45) is 3.78. The van der Waals surface area contributed by atoms with Gasteiger partial charge < -0.3 is 14.7 Å². The monoisotopic (exact) mass is 359 g/mol. The van der Waals surface area contributed by atoms with E-state index in [1.54, 1.807) is 13.0 Å².